The fraction of sp³-hybridized carbons (Fsp3) is 0.833. The highest BCUT2D eigenvalue weighted by Gasteiger charge is 2.17. The predicted molar refractivity (Wildman–Crippen MR) is 232 cm³/mol. The molecule has 0 aliphatic rings. The molecule has 0 fully saturated rings. The summed E-state index contributed by atoms with van der Waals surface area (Å²) in [6.07, 6.45) is 51.4. The van der Waals surface area contributed by atoms with Crippen LogP contribution >= 0.6 is 0 Å². The summed E-state index contributed by atoms with van der Waals surface area (Å²) in [4.78, 5) is 24.4. The van der Waals surface area contributed by atoms with Crippen LogP contribution in [0.2, 0.25) is 0 Å². The van der Waals surface area contributed by atoms with Gasteiger partial charge in [0.1, 0.15) is 0 Å². The molecule has 6 nitrogen and oxygen atoms in total. The van der Waals surface area contributed by atoms with Crippen molar-refractivity contribution >= 4 is 11.9 Å². The Morgan fingerprint density at radius 2 is 0.889 bits per heavy atom. The Labute approximate surface area is 334 Å². The molecule has 3 N–H and O–H groups in total. The van der Waals surface area contributed by atoms with E-state index >= 15 is 0 Å². The summed E-state index contributed by atoms with van der Waals surface area (Å²) in [5.41, 5.74) is 0. The van der Waals surface area contributed by atoms with E-state index in [0.29, 0.717) is 19.4 Å². The van der Waals surface area contributed by atoms with Crippen LogP contribution in [-0.2, 0) is 14.3 Å². The van der Waals surface area contributed by atoms with Crippen LogP contribution in [0.5, 0.6) is 0 Å². The molecule has 0 aliphatic carbocycles. The zero-order chi connectivity index (χ0) is 39.4. The molecule has 6 heteroatoms. The lowest BCUT2D eigenvalue weighted by Crippen LogP contribution is -2.45. The van der Waals surface area contributed by atoms with Crippen LogP contribution in [0.15, 0.2) is 36.5 Å². The third kappa shape index (κ3) is 39.8. The van der Waals surface area contributed by atoms with E-state index in [1.165, 1.54) is 135 Å². The molecule has 0 aromatic heterocycles. The van der Waals surface area contributed by atoms with Crippen LogP contribution in [0.4, 0.5) is 0 Å². The molecule has 0 aromatic rings. The number of unbranched alkanes of at least 4 members (excludes halogenated alkanes) is 27. The number of ether oxygens (including phenoxy) is 1. The third-order valence-corrected chi connectivity index (χ3v) is 10.4. The minimum absolute atomic E-state index is 0.0476. The highest BCUT2D eigenvalue weighted by atomic mass is 16.5. The summed E-state index contributed by atoms with van der Waals surface area (Å²) >= 11 is 0. The molecule has 0 aromatic carbocycles. The van der Waals surface area contributed by atoms with E-state index in [1.54, 1.807) is 6.08 Å². The van der Waals surface area contributed by atoms with Crippen LogP contribution in [0.25, 0.3) is 0 Å². The number of carbonyl (C=O) groups is 2. The van der Waals surface area contributed by atoms with E-state index in [-0.39, 0.29) is 18.5 Å². The maximum Gasteiger partial charge on any atom is 0.305 e. The van der Waals surface area contributed by atoms with Crippen molar-refractivity contribution in [2.24, 2.45) is 0 Å². The van der Waals surface area contributed by atoms with Gasteiger partial charge in [-0.05, 0) is 77.0 Å². The van der Waals surface area contributed by atoms with Gasteiger partial charge in [0.2, 0.25) is 5.91 Å². The average molecular weight is 760 g/mol. The van der Waals surface area contributed by atoms with E-state index in [0.717, 1.165) is 70.6 Å². The Bertz CT molecular complexity index is 884. The lowest BCUT2D eigenvalue weighted by atomic mass is 10.0. The zero-order valence-corrected chi connectivity index (χ0v) is 35.7. The maximum absolute atomic E-state index is 12.4. The van der Waals surface area contributed by atoms with Gasteiger partial charge < -0.3 is 20.3 Å². The van der Waals surface area contributed by atoms with Crippen LogP contribution in [0.3, 0.4) is 0 Å². The molecule has 0 heterocycles. The number of aliphatic hydroxyl groups excluding tert-OH is 2. The smallest absolute Gasteiger partial charge is 0.305 e. The summed E-state index contributed by atoms with van der Waals surface area (Å²) in [5, 5.41) is 22.9. The molecule has 0 spiro atoms. The minimum Gasteiger partial charge on any atom is -0.466 e. The summed E-state index contributed by atoms with van der Waals surface area (Å²) < 4.78 is 5.42. The predicted octanol–water partition coefficient (Wildman–Crippen LogP) is 13.3. The number of esters is 1. The second-order valence-corrected chi connectivity index (χ2v) is 15.7. The topological polar surface area (TPSA) is 95.9 Å². The van der Waals surface area contributed by atoms with Crippen molar-refractivity contribution in [1.82, 2.24) is 5.32 Å². The molecule has 0 rings (SSSR count). The highest BCUT2D eigenvalue weighted by molar-refractivity contribution is 5.76. The quantitative estimate of drug-likeness (QED) is 0.0327. The number of aliphatic hydroxyl groups is 2. The van der Waals surface area contributed by atoms with Crippen molar-refractivity contribution in [2.45, 2.75) is 244 Å². The first-order valence-corrected chi connectivity index (χ1v) is 23.3. The number of hydrogen-bond acceptors (Lipinski definition) is 5. The maximum atomic E-state index is 12.4. The van der Waals surface area contributed by atoms with Gasteiger partial charge in [-0.25, -0.2) is 0 Å². The normalized spacial score (nSPS) is 13.0. The second-order valence-electron chi connectivity index (χ2n) is 15.7. The van der Waals surface area contributed by atoms with Gasteiger partial charge >= 0.3 is 5.97 Å². The van der Waals surface area contributed by atoms with Crippen LogP contribution < -0.4 is 5.32 Å². The number of nitrogens with one attached hydrogen (secondary N) is 1. The molecule has 54 heavy (non-hydrogen) atoms. The lowest BCUT2D eigenvalue weighted by molar-refractivity contribution is -0.143. The molecular weight excluding hydrogens is 671 g/mol. The molecule has 1 amide bonds. The van der Waals surface area contributed by atoms with Gasteiger partial charge in [-0.1, -0.05) is 179 Å². The molecule has 0 saturated carbocycles. The van der Waals surface area contributed by atoms with Gasteiger partial charge in [0.15, 0.2) is 0 Å². The number of amides is 1. The van der Waals surface area contributed by atoms with Crippen molar-refractivity contribution in [3.8, 4) is 0 Å². The van der Waals surface area contributed by atoms with E-state index in [4.69, 9.17) is 4.74 Å². The molecule has 0 saturated heterocycles. The number of rotatable bonds is 42. The van der Waals surface area contributed by atoms with Crippen LogP contribution in [-0.4, -0.2) is 47.4 Å². The van der Waals surface area contributed by atoms with Crippen LogP contribution in [0.1, 0.15) is 232 Å². The largest absolute Gasteiger partial charge is 0.466 e. The number of carbonyl (C=O) groups excluding carboxylic acids is 2. The first-order chi connectivity index (χ1) is 26.5. The fourth-order valence-electron chi connectivity index (χ4n) is 6.75. The SMILES string of the molecule is CCCCCCC/C=C\CCCCCCCC(=O)OCCCCCC/C=C\CCCC(=O)NC(CO)C(O)/C=C/CCCCCCCCCCCCCC. The molecule has 2 unspecified atom stereocenters. The third-order valence-electron chi connectivity index (χ3n) is 10.4. The van der Waals surface area contributed by atoms with Gasteiger partial charge in [-0.3, -0.25) is 9.59 Å². The van der Waals surface area contributed by atoms with Crippen molar-refractivity contribution in [3.05, 3.63) is 36.5 Å². The zero-order valence-electron chi connectivity index (χ0n) is 35.7. The Kier molecular flexibility index (Phi) is 42.2. The Hall–Kier alpha value is -1.92. The van der Waals surface area contributed by atoms with E-state index < -0.39 is 12.1 Å². The first kappa shape index (κ1) is 52.1. The molecular formula is C48H89NO5. The number of allylic oxidation sites excluding steroid dienone is 5. The molecule has 0 radical (unpaired) electrons. The molecule has 0 aliphatic heterocycles. The Balaban J connectivity index is 3.61. The Morgan fingerprint density at radius 3 is 1.35 bits per heavy atom. The first-order valence-electron chi connectivity index (χ1n) is 23.3. The Morgan fingerprint density at radius 1 is 0.500 bits per heavy atom. The van der Waals surface area contributed by atoms with Gasteiger partial charge in [0.25, 0.3) is 0 Å². The number of hydrogen-bond donors (Lipinski definition) is 3. The summed E-state index contributed by atoms with van der Waals surface area (Å²) in [6, 6.07) is -0.665. The minimum atomic E-state index is -0.875. The summed E-state index contributed by atoms with van der Waals surface area (Å²) in [5.74, 6) is -0.178. The van der Waals surface area contributed by atoms with Gasteiger partial charge in [0, 0.05) is 12.8 Å². The monoisotopic (exact) mass is 760 g/mol. The average Bonchev–Trinajstić information content (AvgIpc) is 3.17. The van der Waals surface area contributed by atoms with Gasteiger partial charge in [0.05, 0.1) is 25.4 Å². The van der Waals surface area contributed by atoms with E-state index in [9.17, 15) is 19.8 Å². The van der Waals surface area contributed by atoms with Crippen molar-refractivity contribution in [1.29, 1.82) is 0 Å². The van der Waals surface area contributed by atoms with Crippen molar-refractivity contribution in [2.75, 3.05) is 13.2 Å². The van der Waals surface area contributed by atoms with E-state index in [2.05, 4.69) is 43.5 Å². The van der Waals surface area contributed by atoms with Crippen LogP contribution in [0, 0.1) is 0 Å². The second kappa shape index (κ2) is 43.8. The summed E-state index contributed by atoms with van der Waals surface area (Å²) in [6.45, 7) is 4.78. The molecule has 2 atom stereocenters. The lowest BCUT2D eigenvalue weighted by Gasteiger charge is -2.19. The standard InChI is InChI=1S/C48H89NO5/c1-3-5-7-9-11-13-15-17-19-21-24-28-32-36-40-46(51)45(44-50)49-47(52)41-37-33-29-25-23-27-31-35-39-43-54-48(53)42-38-34-30-26-22-20-18-16-14-12-10-8-6-4-2/h16,18,25,29,36,40,45-46,50-51H,3-15,17,19-24,26-28,30-35,37-39,41-44H2,1-2H3,(H,49,52)/b18-16-,29-25-,40-36+. The van der Waals surface area contributed by atoms with Gasteiger partial charge in [-0.15, -0.1) is 0 Å². The fourth-order valence-corrected chi connectivity index (χ4v) is 6.75. The summed E-state index contributed by atoms with van der Waals surface area (Å²) in [7, 11) is 0. The van der Waals surface area contributed by atoms with Gasteiger partial charge in [-0.2, -0.15) is 0 Å². The molecule has 0 bridgehead atoms. The van der Waals surface area contributed by atoms with Crippen molar-refractivity contribution < 1.29 is 24.5 Å². The highest BCUT2D eigenvalue weighted by Crippen LogP contribution is 2.14. The van der Waals surface area contributed by atoms with E-state index in [1.807, 2.05) is 6.08 Å². The molecule has 316 valence electrons. The van der Waals surface area contributed by atoms with Crippen molar-refractivity contribution in [3.63, 3.8) is 0 Å².